The van der Waals surface area contributed by atoms with E-state index in [0.717, 1.165) is 0 Å². The van der Waals surface area contributed by atoms with E-state index in [1.807, 2.05) is 6.07 Å². The Balaban J connectivity index is 1.97. The van der Waals surface area contributed by atoms with Gasteiger partial charge in [0.1, 0.15) is 11.6 Å². The average Bonchev–Trinajstić information content (AvgIpc) is 3.07. The van der Waals surface area contributed by atoms with Crippen LogP contribution in [0.15, 0.2) is 78.9 Å². The summed E-state index contributed by atoms with van der Waals surface area (Å²) < 4.78 is 30.2. The minimum Gasteiger partial charge on any atom is -0.232 e. The van der Waals surface area contributed by atoms with Gasteiger partial charge in [-0.3, -0.25) is 0 Å². The monoisotopic (exact) mass is 366 g/mol. The summed E-state index contributed by atoms with van der Waals surface area (Å²) in [6.07, 6.45) is 0. The first-order valence-corrected chi connectivity index (χ1v) is 8.37. The van der Waals surface area contributed by atoms with Gasteiger partial charge in [0.15, 0.2) is 0 Å². The molecule has 128 valence electrons. The van der Waals surface area contributed by atoms with E-state index >= 15 is 0 Å². The number of benzene rings is 3. The Hall–Kier alpha value is -2.98. The maximum absolute atomic E-state index is 14.4. The number of halogens is 3. The van der Waals surface area contributed by atoms with Gasteiger partial charge in [-0.05, 0) is 48.5 Å². The molecule has 2 nitrogen and oxygen atoms in total. The van der Waals surface area contributed by atoms with E-state index in [2.05, 4.69) is 5.10 Å². The van der Waals surface area contributed by atoms with Gasteiger partial charge in [-0.1, -0.05) is 41.9 Å². The van der Waals surface area contributed by atoms with Crippen LogP contribution in [0.5, 0.6) is 0 Å². The van der Waals surface area contributed by atoms with Gasteiger partial charge in [-0.2, -0.15) is 5.10 Å². The summed E-state index contributed by atoms with van der Waals surface area (Å²) in [6, 6.07) is 21.5. The number of rotatable bonds is 3. The van der Waals surface area contributed by atoms with Gasteiger partial charge >= 0.3 is 0 Å². The van der Waals surface area contributed by atoms with E-state index < -0.39 is 0 Å². The van der Waals surface area contributed by atoms with E-state index in [0.29, 0.717) is 33.2 Å². The van der Waals surface area contributed by atoms with Crippen molar-refractivity contribution in [2.24, 2.45) is 0 Å². The molecule has 1 heterocycles. The summed E-state index contributed by atoms with van der Waals surface area (Å²) in [7, 11) is 0. The first kappa shape index (κ1) is 16.5. The number of hydrogen-bond donors (Lipinski definition) is 0. The van der Waals surface area contributed by atoms with Crippen molar-refractivity contribution in [2.75, 3.05) is 0 Å². The summed E-state index contributed by atoms with van der Waals surface area (Å²) in [5, 5.41) is 5.05. The first-order chi connectivity index (χ1) is 12.6. The molecule has 0 aliphatic rings. The molecule has 4 aromatic rings. The summed E-state index contributed by atoms with van der Waals surface area (Å²) in [5.74, 6) is -0.765. The molecule has 0 radical (unpaired) electrons. The Bertz CT molecular complexity index is 1090. The maximum Gasteiger partial charge on any atom is 0.132 e. The van der Waals surface area contributed by atoms with Crippen molar-refractivity contribution >= 4 is 11.6 Å². The minimum absolute atomic E-state index is 0.353. The van der Waals surface area contributed by atoms with Crippen molar-refractivity contribution in [3.05, 3.63) is 95.5 Å². The SMILES string of the molecule is Fc1ccccc1-c1cc(-c2ccccc2F)n(-c2cccc(Cl)c2)n1. The predicted molar refractivity (Wildman–Crippen MR) is 99.4 cm³/mol. The molecule has 0 saturated heterocycles. The van der Waals surface area contributed by atoms with Crippen molar-refractivity contribution in [1.29, 1.82) is 0 Å². The molecule has 5 heteroatoms. The van der Waals surface area contributed by atoms with Crippen molar-refractivity contribution in [1.82, 2.24) is 9.78 Å². The Morgan fingerprint density at radius 2 is 1.38 bits per heavy atom. The van der Waals surface area contributed by atoms with Crippen LogP contribution < -0.4 is 0 Å². The third-order valence-electron chi connectivity index (χ3n) is 4.06. The summed E-state index contributed by atoms with van der Waals surface area (Å²) in [6.45, 7) is 0. The van der Waals surface area contributed by atoms with E-state index in [1.165, 1.54) is 12.1 Å². The van der Waals surface area contributed by atoms with Crippen LogP contribution in [0.1, 0.15) is 0 Å². The Morgan fingerprint density at radius 3 is 2.04 bits per heavy atom. The van der Waals surface area contributed by atoms with Crippen molar-refractivity contribution in [2.45, 2.75) is 0 Å². The Morgan fingerprint density at radius 1 is 0.731 bits per heavy atom. The topological polar surface area (TPSA) is 17.8 Å². The highest BCUT2D eigenvalue weighted by Crippen LogP contribution is 2.31. The van der Waals surface area contributed by atoms with E-state index in [1.54, 1.807) is 65.3 Å². The molecular formula is C21H13ClF2N2. The van der Waals surface area contributed by atoms with Gasteiger partial charge in [0.2, 0.25) is 0 Å². The molecule has 0 unspecified atom stereocenters. The van der Waals surface area contributed by atoms with Crippen LogP contribution in [0.25, 0.3) is 28.2 Å². The Kier molecular flexibility index (Phi) is 4.27. The van der Waals surface area contributed by atoms with Crippen LogP contribution in [0.2, 0.25) is 5.02 Å². The van der Waals surface area contributed by atoms with E-state index in [4.69, 9.17) is 11.6 Å². The number of hydrogen-bond acceptors (Lipinski definition) is 1. The quantitative estimate of drug-likeness (QED) is 0.426. The molecule has 0 aliphatic heterocycles. The number of nitrogens with zero attached hydrogens (tertiary/aromatic N) is 2. The first-order valence-electron chi connectivity index (χ1n) is 7.99. The summed E-state index contributed by atoms with van der Waals surface area (Å²) in [4.78, 5) is 0. The van der Waals surface area contributed by atoms with Crippen molar-refractivity contribution < 1.29 is 8.78 Å². The minimum atomic E-state index is -0.386. The van der Waals surface area contributed by atoms with Gasteiger partial charge < -0.3 is 0 Å². The van der Waals surface area contributed by atoms with E-state index in [9.17, 15) is 8.78 Å². The lowest BCUT2D eigenvalue weighted by molar-refractivity contribution is 0.629. The molecule has 0 fully saturated rings. The zero-order valence-corrected chi connectivity index (χ0v) is 14.3. The van der Waals surface area contributed by atoms with Gasteiger partial charge in [0.25, 0.3) is 0 Å². The van der Waals surface area contributed by atoms with Gasteiger partial charge in [-0.15, -0.1) is 0 Å². The van der Waals surface area contributed by atoms with Crippen LogP contribution in [-0.4, -0.2) is 9.78 Å². The molecule has 4 rings (SSSR count). The third kappa shape index (κ3) is 3.00. The Labute approximate surface area is 154 Å². The molecule has 1 aromatic heterocycles. The molecule has 3 aromatic carbocycles. The lowest BCUT2D eigenvalue weighted by Gasteiger charge is -2.08. The second-order valence-corrected chi connectivity index (χ2v) is 6.20. The molecule has 0 saturated carbocycles. The van der Waals surface area contributed by atoms with Crippen LogP contribution in [0.3, 0.4) is 0 Å². The highest BCUT2D eigenvalue weighted by Gasteiger charge is 2.17. The lowest BCUT2D eigenvalue weighted by Crippen LogP contribution is -2.00. The molecule has 0 N–H and O–H groups in total. The fourth-order valence-corrected chi connectivity index (χ4v) is 3.03. The zero-order chi connectivity index (χ0) is 18.1. The van der Waals surface area contributed by atoms with Crippen molar-refractivity contribution in [3.8, 4) is 28.2 Å². The molecule has 0 spiro atoms. The smallest absolute Gasteiger partial charge is 0.132 e. The largest absolute Gasteiger partial charge is 0.232 e. The predicted octanol–water partition coefficient (Wildman–Crippen LogP) is 6.14. The fourth-order valence-electron chi connectivity index (χ4n) is 2.85. The highest BCUT2D eigenvalue weighted by molar-refractivity contribution is 6.30. The van der Waals surface area contributed by atoms with Gasteiger partial charge in [0.05, 0.1) is 17.1 Å². The van der Waals surface area contributed by atoms with Crippen LogP contribution in [-0.2, 0) is 0 Å². The standard InChI is InChI=1S/C21H13ClF2N2/c22-14-6-5-7-15(12-14)26-21(17-9-2-4-11-19(17)24)13-20(25-26)16-8-1-3-10-18(16)23/h1-13H. The molecule has 0 amide bonds. The molecule has 26 heavy (non-hydrogen) atoms. The van der Waals surface area contributed by atoms with Crippen LogP contribution >= 0.6 is 11.6 Å². The molecule has 0 aliphatic carbocycles. The second-order valence-electron chi connectivity index (χ2n) is 5.77. The van der Waals surface area contributed by atoms with Crippen molar-refractivity contribution in [3.63, 3.8) is 0 Å². The third-order valence-corrected chi connectivity index (χ3v) is 4.30. The maximum atomic E-state index is 14.4. The highest BCUT2D eigenvalue weighted by atomic mass is 35.5. The molecular weight excluding hydrogens is 354 g/mol. The lowest BCUT2D eigenvalue weighted by atomic mass is 10.1. The fraction of sp³-hybridized carbons (Fsp3) is 0. The average molecular weight is 367 g/mol. The summed E-state index contributed by atoms with van der Waals surface area (Å²) in [5.41, 5.74) is 2.33. The number of aromatic nitrogens is 2. The normalized spacial score (nSPS) is 10.9. The van der Waals surface area contributed by atoms with Crippen LogP contribution in [0, 0.1) is 11.6 Å². The van der Waals surface area contributed by atoms with E-state index in [-0.39, 0.29) is 11.6 Å². The second kappa shape index (κ2) is 6.73. The van der Waals surface area contributed by atoms with Gasteiger partial charge in [-0.25, -0.2) is 13.5 Å². The molecule has 0 bridgehead atoms. The van der Waals surface area contributed by atoms with Crippen LogP contribution in [0.4, 0.5) is 8.78 Å². The molecule has 0 atom stereocenters. The summed E-state index contributed by atoms with van der Waals surface area (Å²) >= 11 is 6.10. The van der Waals surface area contributed by atoms with Gasteiger partial charge in [0, 0.05) is 16.1 Å². The zero-order valence-electron chi connectivity index (χ0n) is 13.5.